The molecule has 104 valence electrons. The monoisotopic (exact) mass is 279 g/mol. The van der Waals surface area contributed by atoms with Crippen LogP contribution >= 0.6 is 11.8 Å². The van der Waals surface area contributed by atoms with Gasteiger partial charge in [0, 0.05) is 16.9 Å². The average Bonchev–Trinajstić information content (AvgIpc) is 2.34. The molecule has 4 heteroatoms. The molecule has 19 heavy (non-hydrogen) atoms. The molecule has 1 aliphatic rings. The van der Waals surface area contributed by atoms with Gasteiger partial charge in [-0.2, -0.15) is 11.8 Å². The van der Waals surface area contributed by atoms with Crippen LogP contribution in [0.4, 0.5) is 5.69 Å². The van der Waals surface area contributed by atoms with Crippen molar-refractivity contribution in [3.8, 4) is 0 Å². The van der Waals surface area contributed by atoms with Gasteiger partial charge in [0.15, 0.2) is 0 Å². The number of thioether (sulfide) groups is 1. The Kier molecular flexibility index (Phi) is 3.81. The van der Waals surface area contributed by atoms with E-state index in [0.717, 1.165) is 17.9 Å². The van der Waals surface area contributed by atoms with E-state index in [0.29, 0.717) is 5.75 Å². The van der Waals surface area contributed by atoms with Crippen LogP contribution in [0.5, 0.6) is 0 Å². The summed E-state index contributed by atoms with van der Waals surface area (Å²) in [5.74, 6) is 0.867. The quantitative estimate of drug-likeness (QED) is 0.890. The summed E-state index contributed by atoms with van der Waals surface area (Å²) in [6.07, 6.45) is 0.906. The fourth-order valence-corrected chi connectivity index (χ4v) is 4.15. The fourth-order valence-electron chi connectivity index (χ4n) is 2.45. The molecule has 0 aliphatic carbocycles. The van der Waals surface area contributed by atoms with E-state index in [1.807, 2.05) is 45.0 Å². The predicted octanol–water partition coefficient (Wildman–Crippen LogP) is 3.39. The zero-order chi connectivity index (χ0) is 14.1. The number of rotatable bonds is 3. The van der Waals surface area contributed by atoms with Gasteiger partial charge in [-0.05, 0) is 31.2 Å². The number of anilines is 1. The van der Waals surface area contributed by atoms with Crippen LogP contribution in [0.25, 0.3) is 0 Å². The summed E-state index contributed by atoms with van der Waals surface area (Å²) in [5, 5.41) is 13.1. The van der Waals surface area contributed by atoms with Crippen LogP contribution in [-0.2, 0) is 4.79 Å². The minimum atomic E-state index is -0.898. The molecule has 2 rings (SSSR count). The van der Waals surface area contributed by atoms with E-state index in [-0.39, 0.29) is 5.41 Å². The Labute approximate surface area is 118 Å². The Balaban J connectivity index is 2.34. The van der Waals surface area contributed by atoms with E-state index in [4.69, 9.17) is 0 Å². The molecule has 1 saturated heterocycles. The molecule has 0 amide bonds. The highest BCUT2D eigenvalue weighted by atomic mass is 32.2. The molecule has 0 saturated carbocycles. The topological polar surface area (TPSA) is 49.3 Å². The van der Waals surface area contributed by atoms with E-state index in [2.05, 4.69) is 5.32 Å². The Morgan fingerprint density at radius 1 is 1.32 bits per heavy atom. The van der Waals surface area contributed by atoms with E-state index < -0.39 is 11.5 Å². The minimum Gasteiger partial charge on any atom is -0.479 e. The Bertz CT molecular complexity index is 470. The number of hydrogen-bond acceptors (Lipinski definition) is 3. The number of aryl methyl sites for hydroxylation is 1. The molecule has 1 atom stereocenters. The minimum absolute atomic E-state index is 0.269. The lowest BCUT2D eigenvalue weighted by molar-refractivity contribution is -0.145. The summed E-state index contributed by atoms with van der Waals surface area (Å²) in [7, 11) is 0. The molecule has 1 aliphatic heterocycles. The van der Waals surface area contributed by atoms with Crippen LogP contribution in [0, 0.1) is 12.3 Å². The molecule has 1 heterocycles. The van der Waals surface area contributed by atoms with Crippen LogP contribution in [0.2, 0.25) is 0 Å². The molecular formula is C15H21NO2S. The molecular weight excluding hydrogens is 258 g/mol. The molecule has 3 nitrogen and oxygen atoms in total. The van der Waals surface area contributed by atoms with Crippen molar-refractivity contribution in [1.82, 2.24) is 0 Å². The smallest absolute Gasteiger partial charge is 0.330 e. The molecule has 1 aromatic rings. The van der Waals surface area contributed by atoms with Crippen molar-refractivity contribution in [2.24, 2.45) is 5.41 Å². The van der Waals surface area contributed by atoms with Crippen LogP contribution in [0.15, 0.2) is 24.3 Å². The highest BCUT2D eigenvalue weighted by Crippen LogP contribution is 2.44. The van der Waals surface area contributed by atoms with E-state index >= 15 is 0 Å². The third-order valence-electron chi connectivity index (χ3n) is 4.12. The van der Waals surface area contributed by atoms with Gasteiger partial charge in [-0.25, -0.2) is 4.79 Å². The molecule has 0 spiro atoms. The zero-order valence-electron chi connectivity index (χ0n) is 11.7. The van der Waals surface area contributed by atoms with Gasteiger partial charge < -0.3 is 10.4 Å². The largest absolute Gasteiger partial charge is 0.479 e. The maximum atomic E-state index is 11.9. The average molecular weight is 279 g/mol. The van der Waals surface area contributed by atoms with Crippen molar-refractivity contribution in [3.05, 3.63) is 29.8 Å². The van der Waals surface area contributed by atoms with Crippen molar-refractivity contribution in [3.63, 3.8) is 0 Å². The van der Waals surface area contributed by atoms with Crippen molar-refractivity contribution in [1.29, 1.82) is 0 Å². The molecule has 0 bridgehead atoms. The highest BCUT2D eigenvalue weighted by molar-refractivity contribution is 7.99. The van der Waals surface area contributed by atoms with Crippen molar-refractivity contribution < 1.29 is 9.90 Å². The normalized spacial score (nSPS) is 25.8. The van der Waals surface area contributed by atoms with Gasteiger partial charge in [-0.15, -0.1) is 0 Å². The second kappa shape index (κ2) is 5.08. The number of carboxylic acid groups (broad SMARTS) is 1. The predicted molar refractivity (Wildman–Crippen MR) is 80.9 cm³/mol. The first kappa shape index (κ1) is 14.3. The number of benzene rings is 1. The Morgan fingerprint density at radius 3 is 2.47 bits per heavy atom. The van der Waals surface area contributed by atoms with Crippen LogP contribution in [0.1, 0.15) is 25.8 Å². The summed E-state index contributed by atoms with van der Waals surface area (Å²) >= 11 is 1.71. The number of carbonyl (C=O) groups is 1. The first-order chi connectivity index (χ1) is 8.87. The lowest BCUT2D eigenvalue weighted by atomic mass is 9.70. The second-order valence-corrected chi connectivity index (χ2v) is 6.99. The summed E-state index contributed by atoms with van der Waals surface area (Å²) in [4.78, 5) is 11.9. The number of carboxylic acids is 1. The van der Waals surface area contributed by atoms with E-state index in [9.17, 15) is 9.90 Å². The summed E-state index contributed by atoms with van der Waals surface area (Å²) < 4.78 is 0. The summed E-state index contributed by atoms with van der Waals surface area (Å²) in [6, 6.07) is 7.91. The number of aliphatic carboxylic acids is 1. The first-order valence-corrected chi connectivity index (χ1v) is 7.69. The van der Waals surface area contributed by atoms with Gasteiger partial charge >= 0.3 is 5.97 Å². The van der Waals surface area contributed by atoms with Crippen molar-refractivity contribution in [2.45, 2.75) is 32.7 Å². The fraction of sp³-hybridized carbons (Fsp3) is 0.533. The summed E-state index contributed by atoms with van der Waals surface area (Å²) in [6.45, 7) is 6.11. The highest BCUT2D eigenvalue weighted by Gasteiger charge is 2.53. The molecule has 1 unspecified atom stereocenters. The molecule has 0 radical (unpaired) electrons. The lowest BCUT2D eigenvalue weighted by Crippen LogP contribution is -2.61. The van der Waals surface area contributed by atoms with Crippen molar-refractivity contribution in [2.75, 3.05) is 16.8 Å². The zero-order valence-corrected chi connectivity index (χ0v) is 12.5. The standard InChI is InChI=1S/C15H21NO2S/c1-11-4-6-12(7-5-11)16-15(13(17)18)10-19-9-8-14(15,2)3/h4-7,16H,8-10H2,1-3H3,(H,17,18). The maximum absolute atomic E-state index is 11.9. The van der Waals surface area contributed by atoms with Gasteiger partial charge in [0.1, 0.15) is 5.54 Å². The summed E-state index contributed by atoms with van der Waals surface area (Å²) in [5.41, 5.74) is 0.885. The third-order valence-corrected chi connectivity index (χ3v) is 5.25. The lowest BCUT2D eigenvalue weighted by Gasteiger charge is -2.47. The molecule has 0 aromatic heterocycles. The number of hydrogen-bond donors (Lipinski definition) is 2. The molecule has 1 aromatic carbocycles. The van der Waals surface area contributed by atoms with Gasteiger partial charge in [-0.1, -0.05) is 31.5 Å². The van der Waals surface area contributed by atoms with Crippen LogP contribution < -0.4 is 5.32 Å². The maximum Gasteiger partial charge on any atom is 0.330 e. The first-order valence-electron chi connectivity index (χ1n) is 6.53. The van der Waals surface area contributed by atoms with Gasteiger partial charge in [0.25, 0.3) is 0 Å². The van der Waals surface area contributed by atoms with Crippen LogP contribution in [-0.4, -0.2) is 28.1 Å². The second-order valence-electron chi connectivity index (χ2n) is 5.89. The third kappa shape index (κ3) is 2.59. The molecule has 2 N–H and O–H groups in total. The SMILES string of the molecule is Cc1ccc(NC2(C(=O)O)CSCCC2(C)C)cc1. The van der Waals surface area contributed by atoms with E-state index in [1.54, 1.807) is 11.8 Å². The number of nitrogens with one attached hydrogen (secondary N) is 1. The molecule has 1 fully saturated rings. The van der Waals surface area contributed by atoms with Gasteiger partial charge in [-0.3, -0.25) is 0 Å². The van der Waals surface area contributed by atoms with Gasteiger partial charge in [0.05, 0.1) is 0 Å². The van der Waals surface area contributed by atoms with E-state index in [1.165, 1.54) is 5.56 Å². The van der Waals surface area contributed by atoms with Gasteiger partial charge in [0.2, 0.25) is 0 Å². The Morgan fingerprint density at radius 2 is 1.95 bits per heavy atom. The van der Waals surface area contributed by atoms with Crippen LogP contribution in [0.3, 0.4) is 0 Å². The van der Waals surface area contributed by atoms with Crippen molar-refractivity contribution >= 4 is 23.4 Å². The Hall–Kier alpha value is -1.16.